The molecule has 0 aliphatic rings. The summed E-state index contributed by atoms with van der Waals surface area (Å²) in [6.07, 6.45) is 1.84. The molecule has 4 aromatic rings. The molecule has 2 aromatic heterocycles. The van der Waals surface area contributed by atoms with Crippen molar-refractivity contribution >= 4 is 65.3 Å². The first-order valence-electron chi connectivity index (χ1n) is 7.03. The molecule has 4 rings (SSSR count). The number of nitrogens with zero attached hydrogens (tertiary/aromatic N) is 2. The van der Waals surface area contributed by atoms with Gasteiger partial charge in [-0.05, 0) is 46.3 Å². The van der Waals surface area contributed by atoms with Gasteiger partial charge in [0, 0.05) is 10.0 Å². The second kappa shape index (κ2) is 5.98. The van der Waals surface area contributed by atoms with Crippen LogP contribution in [0.25, 0.3) is 22.1 Å². The fraction of sp³-hybridized carbons (Fsp3) is 0.0588. The van der Waals surface area contributed by atoms with Gasteiger partial charge in [-0.1, -0.05) is 39.4 Å². The number of methoxy groups -OCH3 is 1. The molecule has 4 nitrogen and oxygen atoms in total. The summed E-state index contributed by atoms with van der Waals surface area (Å²) in [6.45, 7) is 0. The Morgan fingerprint density at radius 3 is 2.83 bits per heavy atom. The maximum atomic E-state index is 12.8. The number of rotatable bonds is 2. The maximum Gasteiger partial charge on any atom is 0.274 e. The Morgan fingerprint density at radius 2 is 2.04 bits per heavy atom. The summed E-state index contributed by atoms with van der Waals surface area (Å²) in [5.74, 6) is 0.688. The number of fused-ring (bicyclic) bond motifs is 3. The minimum atomic E-state index is -0.0677. The Morgan fingerprint density at radius 1 is 1.25 bits per heavy atom. The Hall–Kier alpha value is -1.70. The summed E-state index contributed by atoms with van der Waals surface area (Å²) < 4.78 is 9.45. The van der Waals surface area contributed by atoms with Gasteiger partial charge < -0.3 is 4.74 Å². The van der Waals surface area contributed by atoms with E-state index < -0.39 is 0 Å². The first-order chi connectivity index (χ1) is 11.6. The molecular formula is C17H10Br2N2O2S. The van der Waals surface area contributed by atoms with Crippen molar-refractivity contribution in [3.8, 4) is 5.75 Å². The largest absolute Gasteiger partial charge is 0.495 e. The summed E-state index contributed by atoms with van der Waals surface area (Å²) in [4.78, 5) is 18.0. The highest BCUT2D eigenvalue weighted by Gasteiger charge is 2.12. The lowest BCUT2D eigenvalue weighted by Gasteiger charge is -2.07. The summed E-state index contributed by atoms with van der Waals surface area (Å²) >= 11 is 8.33. The zero-order valence-corrected chi connectivity index (χ0v) is 16.4. The molecule has 0 fully saturated rings. The molecule has 0 unspecified atom stereocenters. The molecule has 2 heterocycles. The molecule has 0 N–H and O–H groups in total. The van der Waals surface area contributed by atoms with Crippen molar-refractivity contribution in [2.45, 2.75) is 0 Å². The third kappa shape index (κ3) is 2.47. The van der Waals surface area contributed by atoms with E-state index in [-0.39, 0.29) is 5.56 Å². The number of halogens is 2. The smallest absolute Gasteiger partial charge is 0.274 e. The van der Waals surface area contributed by atoms with E-state index in [1.165, 1.54) is 11.3 Å². The number of para-hydroxylation sites is 2. The van der Waals surface area contributed by atoms with Crippen molar-refractivity contribution in [1.82, 2.24) is 9.38 Å². The molecule has 0 atom stereocenters. The van der Waals surface area contributed by atoms with Gasteiger partial charge in [0.05, 0.1) is 27.1 Å². The van der Waals surface area contributed by atoms with Crippen molar-refractivity contribution in [3.63, 3.8) is 0 Å². The van der Waals surface area contributed by atoms with E-state index in [0.29, 0.717) is 15.2 Å². The van der Waals surface area contributed by atoms with Crippen LogP contribution >= 0.6 is 43.2 Å². The van der Waals surface area contributed by atoms with Gasteiger partial charge in [0.25, 0.3) is 5.56 Å². The van der Waals surface area contributed by atoms with Gasteiger partial charge in [-0.2, -0.15) is 0 Å². The fourth-order valence-electron chi connectivity index (χ4n) is 2.66. The van der Waals surface area contributed by atoms with Crippen molar-refractivity contribution < 1.29 is 4.74 Å². The van der Waals surface area contributed by atoms with E-state index in [1.54, 1.807) is 11.5 Å². The molecule has 0 bridgehead atoms. The van der Waals surface area contributed by atoms with Gasteiger partial charge in [-0.25, -0.2) is 9.38 Å². The van der Waals surface area contributed by atoms with E-state index >= 15 is 0 Å². The first kappa shape index (κ1) is 15.8. The summed E-state index contributed by atoms with van der Waals surface area (Å²) in [5.41, 5.74) is 2.41. The van der Waals surface area contributed by atoms with Crippen molar-refractivity contribution in [1.29, 1.82) is 0 Å². The first-order valence-corrected chi connectivity index (χ1v) is 9.43. The van der Waals surface area contributed by atoms with Gasteiger partial charge in [-0.3, -0.25) is 4.79 Å². The third-order valence-electron chi connectivity index (χ3n) is 3.67. The Kier molecular flexibility index (Phi) is 3.94. The Labute approximate surface area is 157 Å². The minimum Gasteiger partial charge on any atom is -0.495 e. The number of aromatic nitrogens is 2. The molecule has 0 amide bonds. The van der Waals surface area contributed by atoms with Crippen molar-refractivity contribution in [2.75, 3.05) is 7.11 Å². The zero-order valence-electron chi connectivity index (χ0n) is 12.4. The van der Waals surface area contributed by atoms with Crippen molar-refractivity contribution in [2.24, 2.45) is 0 Å². The van der Waals surface area contributed by atoms with E-state index in [4.69, 9.17) is 4.74 Å². The molecule has 0 radical (unpaired) electrons. The number of thiazole rings is 1. The predicted octanol–water partition coefficient (Wildman–Crippen LogP) is 3.99. The van der Waals surface area contributed by atoms with Crippen LogP contribution < -0.4 is 14.8 Å². The lowest BCUT2D eigenvalue weighted by Crippen LogP contribution is -2.22. The van der Waals surface area contributed by atoms with Crippen LogP contribution in [0.5, 0.6) is 5.75 Å². The third-order valence-corrected chi connectivity index (χ3v) is 5.69. The van der Waals surface area contributed by atoms with Crippen LogP contribution in [0.4, 0.5) is 0 Å². The molecule has 0 saturated heterocycles. The number of imidazole rings is 1. The van der Waals surface area contributed by atoms with Gasteiger partial charge in [-0.15, -0.1) is 0 Å². The van der Waals surface area contributed by atoms with Gasteiger partial charge >= 0.3 is 0 Å². The van der Waals surface area contributed by atoms with E-state index in [2.05, 4.69) is 36.8 Å². The lowest BCUT2D eigenvalue weighted by molar-refractivity contribution is 0.411. The van der Waals surface area contributed by atoms with E-state index in [0.717, 1.165) is 25.5 Å². The van der Waals surface area contributed by atoms with E-state index in [9.17, 15) is 4.79 Å². The van der Waals surface area contributed by atoms with Crippen LogP contribution in [-0.2, 0) is 0 Å². The molecule has 0 saturated carbocycles. The number of benzene rings is 2. The Bertz CT molecular complexity index is 1200. The SMILES string of the molecule is COc1c(Br)cc(Br)cc1/C=c1\sc2nc3ccccc3n2c1=O. The predicted molar refractivity (Wildman–Crippen MR) is 104 cm³/mol. The second-order valence-electron chi connectivity index (χ2n) is 5.14. The highest BCUT2D eigenvalue weighted by Crippen LogP contribution is 2.33. The van der Waals surface area contributed by atoms with Crippen LogP contribution in [0.2, 0.25) is 0 Å². The topological polar surface area (TPSA) is 43.6 Å². The van der Waals surface area contributed by atoms with Gasteiger partial charge in [0.1, 0.15) is 5.75 Å². The zero-order chi connectivity index (χ0) is 16.8. The number of ether oxygens (including phenoxy) is 1. The molecule has 120 valence electrons. The normalized spacial score (nSPS) is 12.4. The highest BCUT2D eigenvalue weighted by atomic mass is 79.9. The standard InChI is InChI=1S/C17H10Br2N2O2S/c1-23-15-9(6-10(18)8-11(15)19)7-14-16(22)21-13-5-3-2-4-12(13)20-17(21)24-14/h2-8H,1H3/b14-7-. The molecule has 0 aliphatic carbocycles. The monoisotopic (exact) mass is 464 g/mol. The molecular weight excluding hydrogens is 456 g/mol. The van der Waals surface area contributed by atoms with E-state index in [1.807, 2.05) is 42.5 Å². The average Bonchev–Trinajstić information content (AvgIpc) is 3.04. The van der Waals surface area contributed by atoms with Crippen LogP contribution in [-0.4, -0.2) is 16.5 Å². The summed E-state index contributed by atoms with van der Waals surface area (Å²) in [7, 11) is 1.61. The molecule has 2 aromatic carbocycles. The highest BCUT2D eigenvalue weighted by molar-refractivity contribution is 9.11. The van der Waals surface area contributed by atoms with Crippen LogP contribution in [0, 0.1) is 0 Å². The minimum absolute atomic E-state index is 0.0677. The summed E-state index contributed by atoms with van der Waals surface area (Å²) in [5, 5.41) is 0. The molecule has 24 heavy (non-hydrogen) atoms. The van der Waals surface area contributed by atoms with Gasteiger partial charge in [0.15, 0.2) is 4.96 Å². The quantitative estimate of drug-likeness (QED) is 0.449. The van der Waals surface area contributed by atoms with Crippen LogP contribution in [0.1, 0.15) is 5.56 Å². The number of hydrogen-bond acceptors (Lipinski definition) is 4. The Balaban J connectivity index is 2.02. The lowest BCUT2D eigenvalue weighted by atomic mass is 10.2. The average molecular weight is 466 g/mol. The van der Waals surface area contributed by atoms with Gasteiger partial charge in [0.2, 0.25) is 0 Å². The van der Waals surface area contributed by atoms with Crippen LogP contribution in [0.3, 0.4) is 0 Å². The summed E-state index contributed by atoms with van der Waals surface area (Å²) in [6, 6.07) is 11.5. The maximum absolute atomic E-state index is 12.8. The second-order valence-corrected chi connectivity index (χ2v) is 7.92. The fourth-order valence-corrected chi connectivity index (χ4v) is 5.05. The number of hydrogen-bond donors (Lipinski definition) is 0. The molecule has 0 aliphatic heterocycles. The van der Waals surface area contributed by atoms with Crippen molar-refractivity contribution in [3.05, 3.63) is 65.8 Å². The molecule has 7 heteroatoms. The molecule has 0 spiro atoms. The van der Waals surface area contributed by atoms with Crippen LogP contribution in [0.15, 0.2) is 50.1 Å².